The maximum absolute atomic E-state index is 12.5. The van der Waals surface area contributed by atoms with Crippen LogP contribution in [0.4, 0.5) is 0 Å². The zero-order chi connectivity index (χ0) is 17.0. The number of benzene rings is 1. The fourth-order valence-corrected chi connectivity index (χ4v) is 2.61. The summed E-state index contributed by atoms with van der Waals surface area (Å²) >= 11 is 0. The molecule has 1 saturated heterocycles. The number of rotatable bonds is 3. The third-order valence-corrected chi connectivity index (χ3v) is 3.92. The predicted octanol–water partition coefficient (Wildman–Crippen LogP) is 2.17. The average Bonchev–Trinajstić information content (AvgIpc) is 2.53. The van der Waals surface area contributed by atoms with Crippen LogP contribution in [-0.4, -0.2) is 53.9 Å². The van der Waals surface area contributed by atoms with Gasteiger partial charge in [-0.25, -0.2) is 0 Å². The van der Waals surface area contributed by atoms with E-state index in [2.05, 4.69) is 0 Å². The number of hydrogen-bond donors (Lipinski definition) is 0. The molecule has 1 aliphatic heterocycles. The Morgan fingerprint density at radius 3 is 2.04 bits per heavy atom. The Morgan fingerprint density at radius 2 is 1.52 bits per heavy atom. The van der Waals surface area contributed by atoms with Gasteiger partial charge >= 0.3 is 0 Å². The third kappa shape index (κ3) is 4.47. The highest BCUT2D eigenvalue weighted by Crippen LogP contribution is 2.19. The van der Waals surface area contributed by atoms with Crippen molar-refractivity contribution < 1.29 is 14.3 Å². The summed E-state index contributed by atoms with van der Waals surface area (Å²) in [6.07, 6.45) is -0.526. The van der Waals surface area contributed by atoms with Gasteiger partial charge in [-0.05, 0) is 19.1 Å². The van der Waals surface area contributed by atoms with E-state index in [1.807, 2.05) is 56.0 Å². The first-order valence-corrected chi connectivity index (χ1v) is 8.09. The second-order valence-electron chi connectivity index (χ2n) is 6.94. The molecule has 0 aromatic heterocycles. The molecule has 1 aromatic rings. The highest BCUT2D eigenvalue weighted by Gasteiger charge is 2.32. The average molecular weight is 318 g/mol. The van der Waals surface area contributed by atoms with Crippen LogP contribution in [0.2, 0.25) is 0 Å². The Kier molecular flexibility index (Phi) is 5.29. The highest BCUT2D eigenvalue weighted by molar-refractivity contribution is 5.83. The molecule has 5 nitrogen and oxygen atoms in total. The molecule has 1 unspecified atom stereocenters. The molecule has 1 aromatic carbocycles. The molecule has 0 bridgehead atoms. The van der Waals surface area contributed by atoms with Gasteiger partial charge in [0.25, 0.3) is 5.91 Å². The van der Waals surface area contributed by atoms with E-state index in [4.69, 9.17) is 4.74 Å². The molecule has 0 spiro atoms. The second-order valence-corrected chi connectivity index (χ2v) is 6.94. The van der Waals surface area contributed by atoms with E-state index in [0.29, 0.717) is 31.9 Å². The van der Waals surface area contributed by atoms with Crippen LogP contribution in [0.15, 0.2) is 30.3 Å². The number of para-hydroxylation sites is 1. The monoisotopic (exact) mass is 318 g/mol. The topological polar surface area (TPSA) is 49.9 Å². The van der Waals surface area contributed by atoms with Gasteiger partial charge in [0, 0.05) is 31.6 Å². The summed E-state index contributed by atoms with van der Waals surface area (Å²) in [4.78, 5) is 28.4. The van der Waals surface area contributed by atoms with Gasteiger partial charge in [0.15, 0.2) is 6.10 Å². The number of hydrogen-bond acceptors (Lipinski definition) is 3. The minimum Gasteiger partial charge on any atom is -0.481 e. The van der Waals surface area contributed by atoms with Crippen molar-refractivity contribution in [2.75, 3.05) is 26.2 Å². The van der Waals surface area contributed by atoms with Crippen LogP contribution in [0, 0.1) is 5.41 Å². The summed E-state index contributed by atoms with van der Waals surface area (Å²) in [5, 5.41) is 0. The second kappa shape index (κ2) is 7.02. The third-order valence-electron chi connectivity index (χ3n) is 3.92. The Morgan fingerprint density at radius 1 is 1.00 bits per heavy atom. The number of nitrogens with zero attached hydrogens (tertiary/aromatic N) is 2. The van der Waals surface area contributed by atoms with Crippen molar-refractivity contribution in [3.8, 4) is 5.75 Å². The Hall–Kier alpha value is -2.04. The highest BCUT2D eigenvalue weighted by atomic mass is 16.5. The lowest BCUT2D eigenvalue weighted by molar-refractivity contribution is -0.147. The van der Waals surface area contributed by atoms with E-state index in [1.165, 1.54) is 0 Å². The van der Waals surface area contributed by atoms with E-state index < -0.39 is 6.10 Å². The molecule has 1 heterocycles. The van der Waals surface area contributed by atoms with Gasteiger partial charge < -0.3 is 14.5 Å². The molecule has 1 atom stereocenters. The molecule has 1 fully saturated rings. The lowest BCUT2D eigenvalue weighted by atomic mass is 9.94. The number of amides is 2. The van der Waals surface area contributed by atoms with Gasteiger partial charge in [0.2, 0.25) is 5.91 Å². The largest absolute Gasteiger partial charge is 0.481 e. The Bertz CT molecular complexity index is 543. The van der Waals surface area contributed by atoms with Gasteiger partial charge in [-0.15, -0.1) is 0 Å². The summed E-state index contributed by atoms with van der Waals surface area (Å²) in [5.41, 5.74) is -0.379. The first kappa shape index (κ1) is 17.3. The molecular formula is C18H26N2O3. The van der Waals surface area contributed by atoms with Crippen LogP contribution in [0.1, 0.15) is 27.7 Å². The van der Waals surface area contributed by atoms with Gasteiger partial charge in [-0.3, -0.25) is 9.59 Å². The van der Waals surface area contributed by atoms with Crippen molar-refractivity contribution in [1.29, 1.82) is 0 Å². The summed E-state index contributed by atoms with van der Waals surface area (Å²) in [5.74, 6) is 0.796. The Labute approximate surface area is 138 Å². The molecule has 0 saturated carbocycles. The number of ether oxygens (including phenoxy) is 1. The first-order valence-electron chi connectivity index (χ1n) is 8.09. The fraction of sp³-hybridized carbons (Fsp3) is 0.556. The zero-order valence-electron chi connectivity index (χ0n) is 14.4. The van der Waals surface area contributed by atoms with E-state index in [0.717, 1.165) is 0 Å². The van der Waals surface area contributed by atoms with Crippen molar-refractivity contribution in [1.82, 2.24) is 9.80 Å². The molecule has 0 radical (unpaired) electrons. The molecule has 5 heteroatoms. The molecule has 126 valence electrons. The van der Waals surface area contributed by atoms with Crippen molar-refractivity contribution in [2.45, 2.75) is 33.8 Å². The van der Waals surface area contributed by atoms with Crippen LogP contribution in [0.3, 0.4) is 0 Å². The molecule has 1 aliphatic rings. The SMILES string of the molecule is CC(Oc1ccccc1)C(=O)N1CCN(C(=O)C(C)(C)C)CC1. The number of carbonyl (C=O) groups is 2. The van der Waals surface area contributed by atoms with E-state index in [-0.39, 0.29) is 17.2 Å². The molecule has 2 rings (SSSR count). The number of carbonyl (C=O) groups excluding carboxylic acids is 2. The van der Waals surface area contributed by atoms with Gasteiger partial charge in [-0.1, -0.05) is 39.0 Å². The fourth-order valence-electron chi connectivity index (χ4n) is 2.61. The zero-order valence-corrected chi connectivity index (χ0v) is 14.4. The quantitative estimate of drug-likeness (QED) is 0.858. The molecule has 0 aliphatic carbocycles. The number of piperazine rings is 1. The molecule has 0 N–H and O–H groups in total. The normalized spacial score (nSPS) is 16.9. The van der Waals surface area contributed by atoms with Crippen molar-refractivity contribution in [2.24, 2.45) is 5.41 Å². The summed E-state index contributed by atoms with van der Waals surface area (Å²) in [6.45, 7) is 9.81. The summed E-state index contributed by atoms with van der Waals surface area (Å²) in [6, 6.07) is 9.34. The van der Waals surface area contributed by atoms with Crippen molar-refractivity contribution in [3.05, 3.63) is 30.3 Å². The molecule has 23 heavy (non-hydrogen) atoms. The van der Waals surface area contributed by atoms with E-state index in [9.17, 15) is 9.59 Å². The minimum atomic E-state index is -0.526. The first-order chi connectivity index (χ1) is 10.8. The van der Waals surface area contributed by atoms with Gasteiger partial charge in [0.05, 0.1) is 0 Å². The maximum atomic E-state index is 12.5. The van der Waals surface area contributed by atoms with Crippen LogP contribution < -0.4 is 4.74 Å². The predicted molar refractivity (Wildman–Crippen MR) is 89.1 cm³/mol. The molecular weight excluding hydrogens is 292 g/mol. The summed E-state index contributed by atoms with van der Waals surface area (Å²) < 4.78 is 5.69. The van der Waals surface area contributed by atoms with E-state index >= 15 is 0 Å². The lowest BCUT2D eigenvalue weighted by Gasteiger charge is -2.38. The van der Waals surface area contributed by atoms with Gasteiger partial charge in [0.1, 0.15) is 5.75 Å². The van der Waals surface area contributed by atoms with E-state index in [1.54, 1.807) is 11.8 Å². The summed E-state index contributed by atoms with van der Waals surface area (Å²) in [7, 11) is 0. The van der Waals surface area contributed by atoms with Crippen molar-refractivity contribution >= 4 is 11.8 Å². The van der Waals surface area contributed by atoms with Crippen LogP contribution in [0.25, 0.3) is 0 Å². The maximum Gasteiger partial charge on any atom is 0.263 e. The minimum absolute atomic E-state index is 0.0308. The van der Waals surface area contributed by atoms with Gasteiger partial charge in [-0.2, -0.15) is 0 Å². The smallest absolute Gasteiger partial charge is 0.263 e. The van der Waals surface area contributed by atoms with Crippen molar-refractivity contribution in [3.63, 3.8) is 0 Å². The Balaban J connectivity index is 1.87. The molecule has 2 amide bonds. The lowest BCUT2D eigenvalue weighted by Crippen LogP contribution is -2.55. The van der Waals surface area contributed by atoms with Crippen LogP contribution in [0.5, 0.6) is 5.75 Å². The standard InChI is InChI=1S/C18H26N2O3/c1-14(23-15-8-6-5-7-9-15)16(21)19-10-12-20(13-11-19)17(22)18(2,3)4/h5-9,14H,10-13H2,1-4H3. The van der Waals surface area contributed by atoms with Crippen LogP contribution >= 0.6 is 0 Å². The van der Waals surface area contributed by atoms with Crippen LogP contribution in [-0.2, 0) is 9.59 Å².